The molecule has 8 heteroatoms. The Bertz CT molecular complexity index is 1480. The molecular formula is C34H35LiN2O3S2. The van der Waals surface area contributed by atoms with Crippen molar-refractivity contribution in [2.24, 2.45) is 0 Å². The van der Waals surface area contributed by atoms with Crippen molar-refractivity contribution in [3.63, 3.8) is 0 Å². The maximum atomic E-state index is 13.5. The molecule has 0 aliphatic heterocycles. The fourth-order valence-electron chi connectivity index (χ4n) is 4.78. The Kier molecular flexibility index (Phi) is 13.2. The van der Waals surface area contributed by atoms with Crippen molar-refractivity contribution < 1.29 is 33.6 Å². The van der Waals surface area contributed by atoms with E-state index < -0.39 is 17.9 Å². The summed E-state index contributed by atoms with van der Waals surface area (Å²) in [5.74, 6) is -1.08. The monoisotopic (exact) mass is 590 g/mol. The van der Waals surface area contributed by atoms with E-state index in [1.54, 1.807) is 11.8 Å². The number of nitrogens with zero attached hydrogens (tertiary/aromatic N) is 1. The van der Waals surface area contributed by atoms with Gasteiger partial charge in [-0.05, 0) is 89.8 Å². The number of amides is 1. The van der Waals surface area contributed by atoms with Crippen molar-refractivity contribution in [2.45, 2.75) is 37.4 Å². The molecule has 0 saturated carbocycles. The van der Waals surface area contributed by atoms with Crippen molar-refractivity contribution >= 4 is 41.1 Å². The number of carboxylic acids is 1. The minimum atomic E-state index is -1.27. The van der Waals surface area contributed by atoms with Crippen LogP contribution >= 0.6 is 23.5 Å². The molecule has 1 amide bonds. The molecule has 0 fully saturated rings. The zero-order valence-corrected chi connectivity index (χ0v) is 26.3. The third kappa shape index (κ3) is 8.96. The minimum Gasteiger partial charge on any atom is -0.548 e. The SMILES string of the molecule is CSCCC(NC(=O)c1ccc(CN(Cc2ccccc2)c2cccc(SC)c2)cc1-c1ccccc1C)C(=O)[O-].[Li+]. The number of aliphatic carboxylic acids is 1. The second-order valence-corrected chi connectivity index (χ2v) is 11.7. The van der Waals surface area contributed by atoms with Gasteiger partial charge in [0, 0.05) is 29.2 Å². The summed E-state index contributed by atoms with van der Waals surface area (Å²) in [6.07, 6.45) is 4.28. The minimum absolute atomic E-state index is 0. The van der Waals surface area contributed by atoms with Crippen molar-refractivity contribution in [3.8, 4) is 11.1 Å². The normalized spacial score (nSPS) is 11.3. The summed E-state index contributed by atoms with van der Waals surface area (Å²) in [4.78, 5) is 28.7. The van der Waals surface area contributed by atoms with Gasteiger partial charge in [0.15, 0.2) is 0 Å². The van der Waals surface area contributed by atoms with Crippen LogP contribution in [0.4, 0.5) is 5.69 Å². The smallest absolute Gasteiger partial charge is 0.548 e. The first kappa shape index (κ1) is 33.4. The molecule has 42 heavy (non-hydrogen) atoms. The van der Waals surface area contributed by atoms with Crippen LogP contribution < -0.4 is 34.2 Å². The quantitative estimate of drug-likeness (QED) is 0.191. The molecule has 0 bridgehead atoms. The van der Waals surface area contributed by atoms with Crippen LogP contribution in [-0.4, -0.2) is 36.2 Å². The number of nitrogens with one attached hydrogen (secondary N) is 1. The van der Waals surface area contributed by atoms with Gasteiger partial charge in [-0.15, -0.1) is 11.8 Å². The Balaban J connectivity index is 0.00000484. The summed E-state index contributed by atoms with van der Waals surface area (Å²) < 4.78 is 0. The summed E-state index contributed by atoms with van der Waals surface area (Å²) in [6, 6.07) is 31.6. The second-order valence-electron chi connectivity index (χ2n) is 9.86. The fraction of sp³-hybridized carbons (Fsp3) is 0.235. The molecule has 0 heterocycles. The number of aryl methyl sites for hydroxylation is 1. The number of anilines is 1. The van der Waals surface area contributed by atoms with Crippen molar-refractivity contribution in [1.29, 1.82) is 0 Å². The first-order valence-corrected chi connectivity index (χ1v) is 16.1. The van der Waals surface area contributed by atoms with Crippen molar-refractivity contribution in [1.82, 2.24) is 5.32 Å². The Hall–Kier alpha value is -3.08. The molecular weight excluding hydrogens is 555 g/mol. The fourth-order valence-corrected chi connectivity index (χ4v) is 5.70. The van der Waals surface area contributed by atoms with E-state index in [4.69, 9.17) is 0 Å². The topological polar surface area (TPSA) is 72.5 Å². The molecule has 0 spiro atoms. The molecule has 4 aromatic carbocycles. The van der Waals surface area contributed by atoms with Crippen LogP contribution in [0.3, 0.4) is 0 Å². The zero-order chi connectivity index (χ0) is 29.2. The van der Waals surface area contributed by atoms with Gasteiger partial charge in [-0.25, -0.2) is 0 Å². The number of benzene rings is 4. The van der Waals surface area contributed by atoms with Gasteiger partial charge < -0.3 is 20.1 Å². The number of carbonyl (C=O) groups excluding carboxylic acids is 2. The van der Waals surface area contributed by atoms with Crippen LogP contribution in [0.25, 0.3) is 11.1 Å². The van der Waals surface area contributed by atoms with E-state index in [1.165, 1.54) is 22.2 Å². The molecule has 4 rings (SSSR count). The van der Waals surface area contributed by atoms with Gasteiger partial charge in [-0.2, -0.15) is 11.8 Å². The standard InChI is InChI=1S/C34H36N2O3S2.Li/c1-24-10-7-8-15-29(24)31-20-26(16-17-30(31)33(37)35-32(34(38)39)18-19-40-2)23-36(22-25-11-5-4-6-12-25)27-13-9-14-28(21-27)41-3;/h4-17,20-21,32H,18-19,22-23H2,1-3H3,(H,35,37)(H,38,39);/q;+1/p-1. The maximum Gasteiger partial charge on any atom is 1.00 e. The Morgan fingerprint density at radius 3 is 2.24 bits per heavy atom. The predicted octanol–water partition coefficient (Wildman–Crippen LogP) is 3.20. The van der Waals surface area contributed by atoms with E-state index in [2.05, 4.69) is 71.1 Å². The summed E-state index contributed by atoms with van der Waals surface area (Å²) in [5.41, 5.74) is 6.56. The molecule has 1 atom stereocenters. The van der Waals surface area contributed by atoms with E-state index in [1.807, 2.05) is 55.6 Å². The molecule has 1 unspecified atom stereocenters. The molecule has 0 saturated heterocycles. The first-order valence-electron chi connectivity index (χ1n) is 13.5. The molecule has 0 radical (unpaired) electrons. The van der Waals surface area contributed by atoms with Crippen molar-refractivity contribution in [3.05, 3.63) is 119 Å². The van der Waals surface area contributed by atoms with Gasteiger partial charge in [0.1, 0.15) is 0 Å². The Morgan fingerprint density at radius 1 is 0.833 bits per heavy atom. The summed E-state index contributed by atoms with van der Waals surface area (Å²) >= 11 is 3.24. The second kappa shape index (κ2) is 16.5. The Morgan fingerprint density at radius 2 is 1.55 bits per heavy atom. The molecule has 5 nitrogen and oxygen atoms in total. The number of carboxylic acid groups (broad SMARTS) is 1. The van der Waals surface area contributed by atoms with Gasteiger partial charge in [-0.3, -0.25) is 4.79 Å². The van der Waals surface area contributed by atoms with Gasteiger partial charge in [0.05, 0.1) is 12.0 Å². The van der Waals surface area contributed by atoms with Crippen LogP contribution in [-0.2, 0) is 17.9 Å². The van der Waals surface area contributed by atoms with Gasteiger partial charge in [0.25, 0.3) is 5.91 Å². The maximum absolute atomic E-state index is 13.5. The number of carbonyl (C=O) groups is 2. The van der Waals surface area contributed by atoms with Crippen LogP contribution in [0, 0.1) is 6.92 Å². The third-order valence-electron chi connectivity index (χ3n) is 6.97. The van der Waals surface area contributed by atoms with Crippen LogP contribution in [0.5, 0.6) is 0 Å². The van der Waals surface area contributed by atoms with Crippen LogP contribution in [0.2, 0.25) is 0 Å². The number of hydrogen-bond acceptors (Lipinski definition) is 6. The van der Waals surface area contributed by atoms with E-state index in [-0.39, 0.29) is 18.9 Å². The number of thioether (sulfide) groups is 2. The van der Waals surface area contributed by atoms with Gasteiger partial charge >= 0.3 is 18.9 Å². The average Bonchev–Trinajstić information content (AvgIpc) is 2.99. The van der Waals surface area contributed by atoms with Crippen molar-refractivity contribution in [2.75, 3.05) is 23.2 Å². The number of hydrogen-bond donors (Lipinski definition) is 1. The van der Waals surface area contributed by atoms with Gasteiger partial charge in [0.2, 0.25) is 0 Å². The molecule has 212 valence electrons. The molecule has 0 aromatic heterocycles. The average molecular weight is 591 g/mol. The number of rotatable bonds is 13. The molecule has 0 aliphatic rings. The zero-order valence-electron chi connectivity index (χ0n) is 24.6. The third-order valence-corrected chi connectivity index (χ3v) is 8.34. The predicted molar refractivity (Wildman–Crippen MR) is 170 cm³/mol. The summed E-state index contributed by atoms with van der Waals surface area (Å²) in [6.45, 7) is 3.37. The van der Waals surface area contributed by atoms with Crippen LogP contribution in [0.15, 0.2) is 102 Å². The largest absolute Gasteiger partial charge is 1.00 e. The molecule has 0 aliphatic carbocycles. The molecule has 4 aromatic rings. The van der Waals surface area contributed by atoms with Crippen LogP contribution in [0.1, 0.15) is 33.5 Å². The Labute approximate surface area is 269 Å². The van der Waals surface area contributed by atoms with E-state index in [0.717, 1.165) is 34.5 Å². The van der Waals surface area contributed by atoms with E-state index >= 15 is 0 Å². The summed E-state index contributed by atoms with van der Waals surface area (Å²) in [5, 5.41) is 14.4. The summed E-state index contributed by atoms with van der Waals surface area (Å²) in [7, 11) is 0. The first-order chi connectivity index (χ1) is 19.9. The van der Waals surface area contributed by atoms with E-state index in [0.29, 0.717) is 24.3 Å². The van der Waals surface area contributed by atoms with Gasteiger partial charge in [-0.1, -0.05) is 66.7 Å². The molecule has 1 N–H and O–H groups in total. The van der Waals surface area contributed by atoms with E-state index in [9.17, 15) is 14.7 Å².